The summed E-state index contributed by atoms with van der Waals surface area (Å²) in [5.74, 6) is -0.909. The molecule has 2 heterocycles. The quantitative estimate of drug-likeness (QED) is 0.559. The summed E-state index contributed by atoms with van der Waals surface area (Å²) in [6, 6.07) is 14.1. The first-order valence-corrected chi connectivity index (χ1v) is 10.5. The number of hydrogen-bond acceptors (Lipinski definition) is 7. The van der Waals surface area contributed by atoms with E-state index in [1.54, 1.807) is 0 Å². The lowest BCUT2D eigenvalue weighted by Crippen LogP contribution is -2.49. The van der Waals surface area contributed by atoms with Crippen LogP contribution in [0.1, 0.15) is 0 Å². The summed E-state index contributed by atoms with van der Waals surface area (Å²) in [4.78, 5) is 28.4. The first kappa shape index (κ1) is 23.5. The Morgan fingerprint density at radius 3 is 2.29 bits per heavy atom. The van der Waals surface area contributed by atoms with E-state index < -0.39 is 12.1 Å². The number of aromatic nitrogens is 2. The number of nitrogens with zero attached hydrogens (tertiary/aromatic N) is 4. The minimum absolute atomic E-state index is 0.136. The number of rotatable bonds is 7. The third-order valence-corrected chi connectivity index (χ3v) is 5.16. The number of anilines is 1. The zero-order chi connectivity index (χ0) is 24.1. The topological polar surface area (TPSA) is 92.8 Å². The minimum atomic E-state index is -4.77. The van der Waals surface area contributed by atoms with E-state index in [9.17, 15) is 22.8 Å². The van der Waals surface area contributed by atoms with Crippen molar-refractivity contribution >= 4 is 11.6 Å². The Hall–Kier alpha value is -3.64. The zero-order valence-electron chi connectivity index (χ0n) is 18.0. The van der Waals surface area contributed by atoms with Crippen LogP contribution in [0.5, 0.6) is 5.75 Å². The maximum atomic E-state index is 12.3. The van der Waals surface area contributed by atoms with Crippen LogP contribution in [0.15, 0.2) is 63.8 Å². The van der Waals surface area contributed by atoms with Crippen LogP contribution in [0.3, 0.4) is 0 Å². The highest BCUT2D eigenvalue weighted by Gasteiger charge is 2.31. The van der Waals surface area contributed by atoms with E-state index in [4.69, 9.17) is 4.42 Å². The Morgan fingerprint density at radius 2 is 1.65 bits per heavy atom. The van der Waals surface area contributed by atoms with Gasteiger partial charge in [-0.3, -0.25) is 14.6 Å². The second kappa shape index (κ2) is 10.1. The molecule has 0 saturated carbocycles. The van der Waals surface area contributed by atoms with Gasteiger partial charge in [-0.2, -0.15) is 4.68 Å². The van der Waals surface area contributed by atoms with E-state index >= 15 is 0 Å². The molecule has 1 saturated heterocycles. The number of nitrogens with one attached hydrogen (secondary N) is 1. The highest BCUT2D eigenvalue weighted by Crippen LogP contribution is 2.24. The molecule has 0 aliphatic carbocycles. The van der Waals surface area contributed by atoms with E-state index in [1.807, 2.05) is 40.1 Å². The van der Waals surface area contributed by atoms with E-state index in [0.29, 0.717) is 31.9 Å². The Balaban J connectivity index is 1.23. The van der Waals surface area contributed by atoms with E-state index in [0.717, 1.165) is 17.7 Å². The second-order valence-electron chi connectivity index (χ2n) is 7.69. The Bertz CT molecular complexity index is 1150. The van der Waals surface area contributed by atoms with Gasteiger partial charge in [0.2, 0.25) is 11.8 Å². The van der Waals surface area contributed by atoms with E-state index in [1.165, 1.54) is 16.8 Å². The van der Waals surface area contributed by atoms with Crippen LogP contribution in [-0.2, 0) is 11.5 Å². The largest absolute Gasteiger partial charge is 0.573 e. The Morgan fingerprint density at radius 1 is 1.00 bits per heavy atom. The highest BCUT2D eigenvalue weighted by atomic mass is 19.4. The second-order valence-corrected chi connectivity index (χ2v) is 7.69. The molecule has 0 atom stereocenters. The lowest BCUT2D eigenvalue weighted by molar-refractivity contribution is -0.274. The maximum Gasteiger partial charge on any atom is 0.573 e. The van der Waals surface area contributed by atoms with Gasteiger partial charge in [0.15, 0.2) is 0 Å². The molecule has 0 bridgehead atoms. The molecule has 1 aliphatic heterocycles. The van der Waals surface area contributed by atoms with Crippen molar-refractivity contribution in [3.63, 3.8) is 0 Å². The molecule has 180 valence electrons. The summed E-state index contributed by atoms with van der Waals surface area (Å²) < 4.78 is 47.0. The van der Waals surface area contributed by atoms with Gasteiger partial charge < -0.3 is 14.5 Å². The average Bonchev–Trinajstić information content (AvgIpc) is 3.16. The van der Waals surface area contributed by atoms with Crippen LogP contribution in [0.4, 0.5) is 18.9 Å². The van der Waals surface area contributed by atoms with Gasteiger partial charge in [0.25, 0.3) is 0 Å². The summed E-state index contributed by atoms with van der Waals surface area (Å²) in [6.07, 6.45) is -4.77. The number of carbonyl (C=O) groups is 1. The molecule has 1 amide bonds. The Kier molecular flexibility index (Phi) is 6.98. The first-order chi connectivity index (χ1) is 16.2. The fourth-order valence-electron chi connectivity index (χ4n) is 3.51. The number of carbonyl (C=O) groups excluding carboxylic acids is 1. The van der Waals surface area contributed by atoms with Crippen LogP contribution in [-0.4, -0.2) is 64.6 Å². The monoisotopic (exact) mass is 477 g/mol. The number of alkyl halides is 3. The molecule has 1 aliphatic rings. The molecule has 34 heavy (non-hydrogen) atoms. The molecule has 0 spiro atoms. The predicted octanol–water partition coefficient (Wildman–Crippen LogP) is 2.62. The average molecular weight is 477 g/mol. The molecular formula is C22H22F3N5O4. The lowest BCUT2D eigenvalue weighted by atomic mass is 10.2. The van der Waals surface area contributed by atoms with Crippen molar-refractivity contribution in [2.75, 3.05) is 38.0 Å². The predicted molar refractivity (Wildman–Crippen MR) is 116 cm³/mol. The summed E-state index contributed by atoms with van der Waals surface area (Å²) in [5, 5.41) is 6.92. The highest BCUT2D eigenvalue weighted by molar-refractivity contribution is 5.92. The lowest BCUT2D eigenvalue weighted by Gasteiger charge is -2.33. The van der Waals surface area contributed by atoms with E-state index in [-0.39, 0.29) is 30.8 Å². The Labute approximate surface area is 192 Å². The third kappa shape index (κ3) is 6.45. The SMILES string of the molecule is O=C(CN1CCN(Cn2nc(-c3ccccc3)oc2=O)CC1)Nc1ccc(OC(F)(F)F)cc1. The van der Waals surface area contributed by atoms with Gasteiger partial charge in [-0.15, -0.1) is 18.3 Å². The number of amides is 1. The van der Waals surface area contributed by atoms with Gasteiger partial charge in [0.1, 0.15) is 12.4 Å². The third-order valence-electron chi connectivity index (χ3n) is 5.16. The minimum Gasteiger partial charge on any atom is -0.406 e. The molecule has 0 radical (unpaired) electrons. The fourth-order valence-corrected chi connectivity index (χ4v) is 3.51. The molecule has 4 rings (SSSR count). The first-order valence-electron chi connectivity index (χ1n) is 10.5. The van der Waals surface area contributed by atoms with Crippen molar-refractivity contribution in [2.24, 2.45) is 0 Å². The van der Waals surface area contributed by atoms with Crippen LogP contribution in [0.25, 0.3) is 11.5 Å². The van der Waals surface area contributed by atoms with Crippen molar-refractivity contribution < 1.29 is 27.1 Å². The number of halogens is 3. The van der Waals surface area contributed by atoms with Crippen molar-refractivity contribution in [3.05, 3.63) is 65.1 Å². The van der Waals surface area contributed by atoms with Gasteiger partial charge in [-0.05, 0) is 36.4 Å². The van der Waals surface area contributed by atoms with Crippen LogP contribution < -0.4 is 15.8 Å². The maximum absolute atomic E-state index is 12.3. The molecule has 2 aromatic carbocycles. The fraction of sp³-hybridized carbons (Fsp3) is 0.318. The molecule has 12 heteroatoms. The van der Waals surface area contributed by atoms with Crippen molar-refractivity contribution in [2.45, 2.75) is 13.0 Å². The van der Waals surface area contributed by atoms with Crippen LogP contribution in [0, 0.1) is 0 Å². The number of piperazine rings is 1. The van der Waals surface area contributed by atoms with Crippen molar-refractivity contribution in [1.82, 2.24) is 19.6 Å². The van der Waals surface area contributed by atoms with E-state index in [2.05, 4.69) is 15.2 Å². The van der Waals surface area contributed by atoms with Crippen LogP contribution in [0.2, 0.25) is 0 Å². The normalized spacial score (nSPS) is 15.3. The molecule has 1 aromatic heterocycles. The molecule has 9 nitrogen and oxygen atoms in total. The summed E-state index contributed by atoms with van der Waals surface area (Å²) in [5.41, 5.74) is 1.09. The number of hydrogen-bond donors (Lipinski definition) is 1. The molecule has 1 fully saturated rings. The summed E-state index contributed by atoms with van der Waals surface area (Å²) >= 11 is 0. The zero-order valence-corrected chi connectivity index (χ0v) is 18.0. The molecule has 0 unspecified atom stereocenters. The van der Waals surface area contributed by atoms with Gasteiger partial charge in [-0.25, -0.2) is 4.79 Å². The van der Waals surface area contributed by atoms with Gasteiger partial charge in [0, 0.05) is 37.4 Å². The smallest absolute Gasteiger partial charge is 0.406 e. The van der Waals surface area contributed by atoms with Crippen molar-refractivity contribution in [3.8, 4) is 17.2 Å². The van der Waals surface area contributed by atoms with Crippen molar-refractivity contribution in [1.29, 1.82) is 0 Å². The number of benzene rings is 2. The summed E-state index contributed by atoms with van der Waals surface area (Å²) in [6.45, 7) is 2.86. The molecular weight excluding hydrogens is 455 g/mol. The molecule has 3 aromatic rings. The standard InChI is InChI=1S/C22H22F3N5O4/c23-22(24,25)34-18-8-6-17(7-9-18)26-19(31)14-28-10-12-29(13-11-28)15-30-21(32)33-20(27-30)16-4-2-1-3-5-16/h1-9H,10-15H2,(H,26,31). The number of ether oxygens (including phenoxy) is 1. The van der Waals surface area contributed by atoms with Gasteiger partial charge >= 0.3 is 12.1 Å². The summed E-state index contributed by atoms with van der Waals surface area (Å²) in [7, 11) is 0. The van der Waals surface area contributed by atoms with Crippen LogP contribution >= 0.6 is 0 Å². The molecule has 1 N–H and O–H groups in total. The van der Waals surface area contributed by atoms with Gasteiger partial charge in [0.05, 0.1) is 6.54 Å². The van der Waals surface area contributed by atoms with Gasteiger partial charge in [-0.1, -0.05) is 18.2 Å².